The first-order chi connectivity index (χ1) is 6.22. The lowest BCUT2D eigenvalue weighted by atomic mass is 10.3. The van der Waals surface area contributed by atoms with Crippen molar-refractivity contribution in [3.63, 3.8) is 0 Å². The average molecular weight is 188 g/mol. The van der Waals surface area contributed by atoms with Gasteiger partial charge in [0.2, 0.25) is 5.91 Å². The minimum absolute atomic E-state index is 0.0537. The van der Waals surface area contributed by atoms with E-state index in [2.05, 4.69) is 10.6 Å². The summed E-state index contributed by atoms with van der Waals surface area (Å²) in [6.07, 6.45) is 0.862. The molecule has 0 aromatic heterocycles. The molecule has 0 saturated carbocycles. The second-order valence-corrected chi connectivity index (χ2v) is 2.92. The summed E-state index contributed by atoms with van der Waals surface area (Å²) in [6.45, 7) is 6.02. The molecule has 0 bridgehead atoms. The number of hydrogen-bond acceptors (Lipinski definition) is 3. The van der Waals surface area contributed by atoms with Gasteiger partial charge in [-0.2, -0.15) is 0 Å². The zero-order chi connectivity index (χ0) is 10.1. The van der Waals surface area contributed by atoms with Crippen LogP contribution in [0.5, 0.6) is 0 Å². The van der Waals surface area contributed by atoms with Crippen LogP contribution < -0.4 is 10.6 Å². The molecule has 0 rings (SSSR count). The molecule has 1 unspecified atom stereocenters. The standard InChI is InChI=1S/C9H20N2O2/c1-4-10-8(2)9(12)11-6-5-7-13-3/h8,10H,4-7H2,1-3H3,(H,11,12). The molecule has 4 nitrogen and oxygen atoms in total. The second kappa shape index (κ2) is 8.01. The van der Waals surface area contributed by atoms with Crippen LogP contribution in [0.15, 0.2) is 0 Å². The van der Waals surface area contributed by atoms with Crippen molar-refractivity contribution in [2.45, 2.75) is 26.3 Å². The van der Waals surface area contributed by atoms with E-state index in [1.54, 1.807) is 7.11 Å². The van der Waals surface area contributed by atoms with Crippen LogP contribution in [0.4, 0.5) is 0 Å². The number of rotatable bonds is 7. The number of methoxy groups -OCH3 is 1. The molecule has 78 valence electrons. The van der Waals surface area contributed by atoms with Gasteiger partial charge in [0.1, 0.15) is 0 Å². The minimum atomic E-state index is -0.104. The molecule has 0 fully saturated rings. The first-order valence-corrected chi connectivity index (χ1v) is 4.72. The molecule has 0 heterocycles. The van der Waals surface area contributed by atoms with Gasteiger partial charge in [0.25, 0.3) is 0 Å². The van der Waals surface area contributed by atoms with Gasteiger partial charge < -0.3 is 15.4 Å². The van der Waals surface area contributed by atoms with Gasteiger partial charge >= 0.3 is 0 Å². The van der Waals surface area contributed by atoms with Crippen molar-refractivity contribution in [3.8, 4) is 0 Å². The monoisotopic (exact) mass is 188 g/mol. The van der Waals surface area contributed by atoms with Crippen LogP contribution in [0.1, 0.15) is 20.3 Å². The molecule has 2 N–H and O–H groups in total. The molecule has 4 heteroatoms. The molecule has 0 aliphatic rings. The third kappa shape index (κ3) is 6.54. The number of carbonyl (C=O) groups is 1. The van der Waals surface area contributed by atoms with Gasteiger partial charge in [0.15, 0.2) is 0 Å². The Balaban J connectivity index is 3.38. The fraction of sp³-hybridized carbons (Fsp3) is 0.889. The molecule has 0 radical (unpaired) electrons. The smallest absolute Gasteiger partial charge is 0.236 e. The summed E-state index contributed by atoms with van der Waals surface area (Å²) in [6, 6.07) is -0.104. The number of ether oxygens (including phenoxy) is 1. The van der Waals surface area contributed by atoms with Gasteiger partial charge in [0, 0.05) is 20.3 Å². The van der Waals surface area contributed by atoms with Crippen LogP contribution in [0.2, 0.25) is 0 Å². The molecule has 0 aliphatic carbocycles. The zero-order valence-electron chi connectivity index (χ0n) is 8.72. The SMILES string of the molecule is CCNC(C)C(=O)NCCCOC. The van der Waals surface area contributed by atoms with Crippen molar-refractivity contribution in [3.05, 3.63) is 0 Å². The molecule has 0 spiro atoms. The Hall–Kier alpha value is -0.610. The second-order valence-electron chi connectivity index (χ2n) is 2.92. The molecular weight excluding hydrogens is 168 g/mol. The van der Waals surface area contributed by atoms with E-state index < -0.39 is 0 Å². The first kappa shape index (κ1) is 12.4. The van der Waals surface area contributed by atoms with E-state index in [-0.39, 0.29) is 11.9 Å². The Bertz CT molecular complexity index is 140. The van der Waals surface area contributed by atoms with Gasteiger partial charge in [-0.15, -0.1) is 0 Å². The number of nitrogens with one attached hydrogen (secondary N) is 2. The highest BCUT2D eigenvalue weighted by molar-refractivity contribution is 5.81. The highest BCUT2D eigenvalue weighted by Gasteiger charge is 2.09. The Morgan fingerprint density at radius 2 is 2.23 bits per heavy atom. The van der Waals surface area contributed by atoms with Gasteiger partial charge in [0.05, 0.1) is 6.04 Å². The van der Waals surface area contributed by atoms with Crippen LogP contribution >= 0.6 is 0 Å². The van der Waals surface area contributed by atoms with Crippen molar-refractivity contribution >= 4 is 5.91 Å². The Kier molecular flexibility index (Phi) is 7.63. The van der Waals surface area contributed by atoms with Crippen molar-refractivity contribution in [2.75, 3.05) is 26.8 Å². The molecule has 0 aromatic carbocycles. The van der Waals surface area contributed by atoms with E-state index in [1.807, 2.05) is 13.8 Å². The Morgan fingerprint density at radius 1 is 1.54 bits per heavy atom. The van der Waals surface area contributed by atoms with E-state index in [4.69, 9.17) is 4.74 Å². The lowest BCUT2D eigenvalue weighted by Crippen LogP contribution is -2.42. The van der Waals surface area contributed by atoms with Gasteiger partial charge in [-0.05, 0) is 19.9 Å². The molecule has 0 aliphatic heterocycles. The molecule has 0 saturated heterocycles. The summed E-state index contributed by atoms with van der Waals surface area (Å²) in [4.78, 5) is 11.3. The van der Waals surface area contributed by atoms with Crippen LogP contribution in [0, 0.1) is 0 Å². The fourth-order valence-corrected chi connectivity index (χ4v) is 0.980. The quantitative estimate of drug-likeness (QED) is 0.559. The third-order valence-electron chi connectivity index (χ3n) is 1.73. The maximum Gasteiger partial charge on any atom is 0.236 e. The van der Waals surface area contributed by atoms with Crippen LogP contribution in [0.25, 0.3) is 0 Å². The minimum Gasteiger partial charge on any atom is -0.385 e. The molecule has 0 aromatic rings. The van der Waals surface area contributed by atoms with Crippen molar-refractivity contribution in [1.29, 1.82) is 0 Å². The molecule has 1 amide bonds. The lowest BCUT2D eigenvalue weighted by molar-refractivity contribution is -0.122. The lowest BCUT2D eigenvalue weighted by Gasteiger charge is -2.12. The summed E-state index contributed by atoms with van der Waals surface area (Å²) < 4.78 is 4.86. The van der Waals surface area contributed by atoms with Crippen LogP contribution in [-0.4, -0.2) is 38.8 Å². The number of likely N-dealkylation sites (N-methyl/N-ethyl adjacent to an activating group) is 1. The van der Waals surface area contributed by atoms with Crippen molar-refractivity contribution < 1.29 is 9.53 Å². The summed E-state index contributed by atoms with van der Waals surface area (Å²) >= 11 is 0. The predicted octanol–water partition coefficient (Wildman–Crippen LogP) is 0.137. The normalized spacial score (nSPS) is 12.5. The van der Waals surface area contributed by atoms with E-state index in [0.29, 0.717) is 13.2 Å². The Labute approximate surface area is 80.0 Å². The predicted molar refractivity (Wildman–Crippen MR) is 52.6 cm³/mol. The summed E-state index contributed by atoms with van der Waals surface area (Å²) in [5.74, 6) is 0.0537. The zero-order valence-corrected chi connectivity index (χ0v) is 8.72. The van der Waals surface area contributed by atoms with E-state index in [0.717, 1.165) is 13.0 Å². The average Bonchev–Trinajstić information content (AvgIpc) is 2.12. The summed E-state index contributed by atoms with van der Waals surface area (Å²) in [5, 5.41) is 5.86. The van der Waals surface area contributed by atoms with Crippen molar-refractivity contribution in [2.24, 2.45) is 0 Å². The highest BCUT2D eigenvalue weighted by Crippen LogP contribution is 1.82. The maximum absolute atomic E-state index is 11.3. The van der Waals surface area contributed by atoms with E-state index in [9.17, 15) is 4.79 Å². The van der Waals surface area contributed by atoms with Gasteiger partial charge in [-0.3, -0.25) is 4.79 Å². The summed E-state index contributed by atoms with van der Waals surface area (Å²) in [7, 11) is 1.66. The van der Waals surface area contributed by atoms with Crippen molar-refractivity contribution in [1.82, 2.24) is 10.6 Å². The fourth-order valence-electron chi connectivity index (χ4n) is 0.980. The van der Waals surface area contributed by atoms with E-state index in [1.165, 1.54) is 0 Å². The molecule has 13 heavy (non-hydrogen) atoms. The van der Waals surface area contributed by atoms with Crippen LogP contribution in [0.3, 0.4) is 0 Å². The number of carbonyl (C=O) groups excluding carboxylic acids is 1. The van der Waals surface area contributed by atoms with Gasteiger partial charge in [-0.1, -0.05) is 6.92 Å². The third-order valence-corrected chi connectivity index (χ3v) is 1.73. The van der Waals surface area contributed by atoms with Crippen LogP contribution in [-0.2, 0) is 9.53 Å². The number of hydrogen-bond donors (Lipinski definition) is 2. The first-order valence-electron chi connectivity index (χ1n) is 4.72. The summed E-state index contributed by atoms with van der Waals surface area (Å²) in [5.41, 5.74) is 0. The Morgan fingerprint density at radius 3 is 2.77 bits per heavy atom. The highest BCUT2D eigenvalue weighted by atomic mass is 16.5. The topological polar surface area (TPSA) is 50.4 Å². The maximum atomic E-state index is 11.3. The molecule has 1 atom stereocenters. The van der Waals surface area contributed by atoms with E-state index >= 15 is 0 Å². The van der Waals surface area contributed by atoms with Gasteiger partial charge in [-0.25, -0.2) is 0 Å². The number of amides is 1. The largest absolute Gasteiger partial charge is 0.385 e. The molecular formula is C9H20N2O2.